The molecule has 0 aromatic heterocycles. The lowest BCUT2D eigenvalue weighted by atomic mass is 9.67. The number of hydrogen-bond acceptors (Lipinski definition) is 2. The SMILES string of the molecule is C=CC[C@@]1(C)C[C@H](c2cccc(Cl)c2)[C@@H](C(=C)/C=C\C(Cl)=C/C)N([C@H](CO)C2CC2)C1=O. The summed E-state index contributed by atoms with van der Waals surface area (Å²) in [5.74, 6) is 0.345. The van der Waals surface area contributed by atoms with Gasteiger partial charge in [-0.2, -0.15) is 0 Å². The van der Waals surface area contributed by atoms with Gasteiger partial charge in [0.05, 0.1) is 24.1 Å². The minimum absolute atomic E-state index is 0.0225. The Hall–Kier alpha value is -1.81. The van der Waals surface area contributed by atoms with Crippen LogP contribution in [-0.2, 0) is 4.79 Å². The summed E-state index contributed by atoms with van der Waals surface area (Å²) in [6.07, 6.45) is 10.6. The molecular formula is C27H33Cl2NO2. The molecule has 1 aliphatic heterocycles. The first-order valence-electron chi connectivity index (χ1n) is 11.2. The summed E-state index contributed by atoms with van der Waals surface area (Å²) in [6, 6.07) is 7.31. The van der Waals surface area contributed by atoms with Crippen molar-refractivity contribution in [1.29, 1.82) is 0 Å². The third-order valence-corrected chi connectivity index (χ3v) is 7.38. The standard InChI is InChI=1S/C27H33Cl2NO2/c1-5-14-27(4)16-23(20-8-7-9-22(29)15-20)25(18(3)10-13-21(28)6-2)30(26(27)32)24(17-31)19-11-12-19/h5-10,13,15,19,23-25,31H,1,3,11-12,14,16-17H2,2,4H3/b13-10-,21-6+/t23-,24-,25-,27+/m1/s1. The van der Waals surface area contributed by atoms with Crippen molar-refractivity contribution in [3.63, 3.8) is 0 Å². The summed E-state index contributed by atoms with van der Waals surface area (Å²) < 4.78 is 0. The van der Waals surface area contributed by atoms with Crippen LogP contribution in [0.1, 0.15) is 51.0 Å². The van der Waals surface area contributed by atoms with Crippen LogP contribution >= 0.6 is 23.2 Å². The average Bonchev–Trinajstić information content (AvgIpc) is 3.60. The number of carbonyl (C=O) groups is 1. The van der Waals surface area contributed by atoms with E-state index in [4.69, 9.17) is 23.2 Å². The zero-order valence-corrected chi connectivity index (χ0v) is 20.4. The molecule has 1 aliphatic carbocycles. The number of rotatable bonds is 9. The molecular weight excluding hydrogens is 441 g/mol. The highest BCUT2D eigenvalue weighted by atomic mass is 35.5. The Labute approximate surface area is 202 Å². The van der Waals surface area contributed by atoms with Gasteiger partial charge in [-0.15, -0.1) is 6.58 Å². The highest BCUT2D eigenvalue weighted by Gasteiger charge is 2.53. The van der Waals surface area contributed by atoms with E-state index in [9.17, 15) is 9.90 Å². The molecule has 1 saturated heterocycles. The second-order valence-electron chi connectivity index (χ2n) is 9.25. The van der Waals surface area contributed by atoms with Crippen molar-refractivity contribution < 1.29 is 9.90 Å². The van der Waals surface area contributed by atoms with Gasteiger partial charge in [-0.1, -0.05) is 67.1 Å². The van der Waals surface area contributed by atoms with Gasteiger partial charge in [0.25, 0.3) is 0 Å². The number of benzene rings is 1. The molecule has 32 heavy (non-hydrogen) atoms. The van der Waals surface area contributed by atoms with Crippen molar-refractivity contribution in [2.24, 2.45) is 11.3 Å². The number of carbonyl (C=O) groups excluding carboxylic acids is 1. The van der Waals surface area contributed by atoms with Crippen LogP contribution in [0.25, 0.3) is 0 Å². The van der Waals surface area contributed by atoms with Crippen LogP contribution in [0.5, 0.6) is 0 Å². The molecule has 3 nitrogen and oxygen atoms in total. The zero-order chi connectivity index (χ0) is 23.5. The second-order valence-corrected chi connectivity index (χ2v) is 10.1. The fourth-order valence-electron chi connectivity index (χ4n) is 4.96. The number of likely N-dealkylation sites (tertiary alicyclic amines) is 1. The fraction of sp³-hybridized carbons (Fsp3) is 0.444. The third-order valence-electron chi connectivity index (χ3n) is 6.80. The van der Waals surface area contributed by atoms with Gasteiger partial charge in [-0.05, 0) is 67.9 Å². The number of amides is 1. The van der Waals surface area contributed by atoms with E-state index in [2.05, 4.69) is 19.2 Å². The summed E-state index contributed by atoms with van der Waals surface area (Å²) >= 11 is 12.6. The molecule has 2 aliphatic rings. The zero-order valence-electron chi connectivity index (χ0n) is 18.9. The Balaban J connectivity index is 2.15. The molecule has 1 saturated carbocycles. The molecule has 1 heterocycles. The van der Waals surface area contributed by atoms with Crippen molar-refractivity contribution in [2.75, 3.05) is 6.61 Å². The van der Waals surface area contributed by atoms with Crippen molar-refractivity contribution >= 4 is 29.1 Å². The minimum atomic E-state index is -0.613. The molecule has 5 heteroatoms. The Kier molecular flexibility index (Phi) is 8.08. The van der Waals surface area contributed by atoms with E-state index in [1.807, 2.05) is 61.3 Å². The van der Waals surface area contributed by atoms with E-state index in [1.54, 1.807) is 0 Å². The van der Waals surface area contributed by atoms with Crippen LogP contribution in [0.4, 0.5) is 0 Å². The molecule has 1 N–H and O–H groups in total. The molecule has 172 valence electrons. The summed E-state index contributed by atoms with van der Waals surface area (Å²) in [6.45, 7) is 12.1. The van der Waals surface area contributed by atoms with Crippen LogP contribution in [-0.4, -0.2) is 34.6 Å². The van der Waals surface area contributed by atoms with Gasteiger partial charge in [0, 0.05) is 16.0 Å². The molecule has 2 fully saturated rings. The summed E-state index contributed by atoms with van der Waals surface area (Å²) in [4.78, 5) is 15.9. The summed E-state index contributed by atoms with van der Waals surface area (Å²) in [7, 11) is 0. The Morgan fingerprint density at radius 3 is 2.66 bits per heavy atom. The van der Waals surface area contributed by atoms with Gasteiger partial charge in [-0.3, -0.25) is 4.79 Å². The first-order valence-corrected chi connectivity index (χ1v) is 12.0. The smallest absolute Gasteiger partial charge is 0.229 e. The van der Waals surface area contributed by atoms with E-state index < -0.39 is 5.41 Å². The molecule has 3 rings (SSSR count). The maximum atomic E-state index is 14.0. The second kappa shape index (κ2) is 10.4. The Morgan fingerprint density at radius 2 is 2.09 bits per heavy atom. The lowest BCUT2D eigenvalue weighted by Crippen LogP contribution is -2.61. The summed E-state index contributed by atoms with van der Waals surface area (Å²) in [5.41, 5.74) is 1.25. The predicted octanol–water partition coefficient (Wildman–Crippen LogP) is 6.63. The van der Waals surface area contributed by atoms with Gasteiger partial charge in [0.2, 0.25) is 5.91 Å². The molecule has 4 atom stereocenters. The lowest BCUT2D eigenvalue weighted by molar-refractivity contribution is -0.154. The molecule has 1 amide bonds. The number of piperidine rings is 1. The topological polar surface area (TPSA) is 40.5 Å². The lowest BCUT2D eigenvalue weighted by Gasteiger charge is -2.52. The van der Waals surface area contributed by atoms with Crippen LogP contribution in [0.3, 0.4) is 0 Å². The Morgan fingerprint density at radius 1 is 1.38 bits per heavy atom. The maximum Gasteiger partial charge on any atom is 0.229 e. The Bertz CT molecular complexity index is 933. The molecule has 0 unspecified atom stereocenters. The highest BCUT2D eigenvalue weighted by Crippen LogP contribution is 2.50. The number of halogens is 2. The van der Waals surface area contributed by atoms with Gasteiger partial charge >= 0.3 is 0 Å². The van der Waals surface area contributed by atoms with Gasteiger partial charge in [0.1, 0.15) is 0 Å². The normalized spacial score (nSPS) is 27.6. The first-order chi connectivity index (χ1) is 15.3. The number of aliphatic hydroxyl groups is 1. The number of hydrogen-bond donors (Lipinski definition) is 1. The fourth-order valence-corrected chi connectivity index (χ4v) is 5.23. The van der Waals surface area contributed by atoms with Crippen LogP contribution in [0.2, 0.25) is 5.02 Å². The predicted molar refractivity (Wildman–Crippen MR) is 134 cm³/mol. The largest absolute Gasteiger partial charge is 0.394 e. The quantitative estimate of drug-likeness (QED) is 0.322. The van der Waals surface area contributed by atoms with Crippen molar-refractivity contribution in [3.05, 3.63) is 82.9 Å². The van der Waals surface area contributed by atoms with Crippen molar-refractivity contribution in [2.45, 2.75) is 57.5 Å². The monoisotopic (exact) mass is 473 g/mol. The number of nitrogens with zero attached hydrogens (tertiary/aromatic N) is 1. The number of allylic oxidation sites excluding steroid dienone is 4. The van der Waals surface area contributed by atoms with Gasteiger partial charge in [0.15, 0.2) is 0 Å². The van der Waals surface area contributed by atoms with Crippen LogP contribution < -0.4 is 0 Å². The molecule has 0 bridgehead atoms. The molecule has 0 spiro atoms. The number of aliphatic hydroxyl groups excluding tert-OH is 1. The minimum Gasteiger partial charge on any atom is -0.394 e. The third kappa shape index (κ3) is 5.22. The highest BCUT2D eigenvalue weighted by molar-refractivity contribution is 6.31. The van der Waals surface area contributed by atoms with Gasteiger partial charge < -0.3 is 10.0 Å². The van der Waals surface area contributed by atoms with E-state index in [-0.39, 0.29) is 30.5 Å². The van der Waals surface area contributed by atoms with E-state index in [0.29, 0.717) is 28.8 Å². The van der Waals surface area contributed by atoms with Crippen molar-refractivity contribution in [1.82, 2.24) is 4.90 Å². The average molecular weight is 474 g/mol. The van der Waals surface area contributed by atoms with Crippen LogP contribution in [0, 0.1) is 11.3 Å². The first kappa shape index (κ1) is 24.8. The summed E-state index contributed by atoms with van der Waals surface area (Å²) in [5, 5.41) is 11.6. The van der Waals surface area contributed by atoms with Crippen molar-refractivity contribution in [3.8, 4) is 0 Å². The van der Waals surface area contributed by atoms with Crippen LogP contribution in [0.15, 0.2) is 72.3 Å². The molecule has 0 radical (unpaired) electrons. The van der Waals surface area contributed by atoms with E-state index in [0.717, 1.165) is 24.0 Å². The maximum absolute atomic E-state index is 14.0. The van der Waals surface area contributed by atoms with E-state index >= 15 is 0 Å². The van der Waals surface area contributed by atoms with E-state index in [1.165, 1.54) is 0 Å². The molecule has 1 aromatic rings. The van der Waals surface area contributed by atoms with Gasteiger partial charge in [-0.25, -0.2) is 0 Å². The molecule has 1 aromatic carbocycles.